The molecule has 0 atom stereocenters. The molecular weight excluding hydrogens is 280 g/mol. The summed E-state index contributed by atoms with van der Waals surface area (Å²) in [7, 11) is 0. The van der Waals surface area contributed by atoms with Gasteiger partial charge in [-0.1, -0.05) is 18.2 Å². The Morgan fingerprint density at radius 1 is 1.27 bits per heavy atom. The highest BCUT2D eigenvalue weighted by molar-refractivity contribution is 5.50. The van der Waals surface area contributed by atoms with Crippen LogP contribution in [-0.2, 0) is 13.0 Å². The number of H-pyrrole nitrogens is 1. The number of benzene rings is 1. The smallest absolute Gasteiger partial charge is 0.336 e. The SMILES string of the molecule is Cc1cccc(C)c1-n1c(O)c2n(c1=O)Cc1[nH]cnc1C2. The van der Waals surface area contributed by atoms with E-state index in [4.69, 9.17) is 0 Å². The minimum atomic E-state index is -0.217. The van der Waals surface area contributed by atoms with E-state index in [0.29, 0.717) is 18.7 Å². The molecule has 0 saturated carbocycles. The second kappa shape index (κ2) is 4.37. The van der Waals surface area contributed by atoms with Gasteiger partial charge in [0.15, 0.2) is 0 Å². The predicted molar refractivity (Wildman–Crippen MR) is 81.7 cm³/mol. The number of hydrogen-bond acceptors (Lipinski definition) is 3. The van der Waals surface area contributed by atoms with E-state index in [0.717, 1.165) is 28.2 Å². The molecule has 0 amide bonds. The fourth-order valence-electron chi connectivity index (χ4n) is 3.23. The van der Waals surface area contributed by atoms with E-state index >= 15 is 0 Å². The molecule has 0 aliphatic carbocycles. The molecule has 112 valence electrons. The second-order valence-corrected chi connectivity index (χ2v) is 5.72. The Morgan fingerprint density at radius 3 is 2.73 bits per heavy atom. The van der Waals surface area contributed by atoms with Crippen LogP contribution in [0.15, 0.2) is 29.3 Å². The molecule has 0 spiro atoms. The number of hydrogen-bond donors (Lipinski definition) is 2. The lowest BCUT2D eigenvalue weighted by molar-refractivity contribution is 0.433. The monoisotopic (exact) mass is 296 g/mol. The quantitative estimate of drug-likeness (QED) is 0.560. The average Bonchev–Trinajstić information content (AvgIpc) is 3.03. The topological polar surface area (TPSA) is 75.8 Å². The summed E-state index contributed by atoms with van der Waals surface area (Å²) in [6.45, 7) is 4.29. The standard InChI is InChI=1S/C16H16N4O2/c1-9-4-3-5-10(2)14(9)20-15(21)13-6-11-12(18-8-17-11)7-19(13)16(20)22/h3-5,8,21H,6-7H2,1-2H3,(H,17,18). The van der Waals surface area contributed by atoms with E-state index in [1.54, 1.807) is 10.9 Å². The van der Waals surface area contributed by atoms with Crippen LogP contribution in [0.25, 0.3) is 5.69 Å². The van der Waals surface area contributed by atoms with Gasteiger partial charge in [-0.25, -0.2) is 14.3 Å². The number of rotatable bonds is 1. The van der Waals surface area contributed by atoms with E-state index in [1.807, 2.05) is 32.0 Å². The first-order chi connectivity index (χ1) is 10.6. The number of para-hydroxylation sites is 1. The number of aromatic amines is 1. The van der Waals surface area contributed by atoms with Gasteiger partial charge in [-0.3, -0.25) is 4.57 Å². The van der Waals surface area contributed by atoms with Crippen LogP contribution in [-0.4, -0.2) is 24.2 Å². The van der Waals surface area contributed by atoms with Crippen LogP contribution in [0.4, 0.5) is 0 Å². The molecule has 4 rings (SSSR count). The summed E-state index contributed by atoms with van der Waals surface area (Å²) in [5.41, 5.74) is 4.87. The number of aromatic hydroxyl groups is 1. The van der Waals surface area contributed by atoms with Gasteiger partial charge < -0.3 is 10.1 Å². The van der Waals surface area contributed by atoms with Crippen molar-refractivity contribution in [3.05, 3.63) is 63.2 Å². The fourth-order valence-corrected chi connectivity index (χ4v) is 3.23. The second-order valence-electron chi connectivity index (χ2n) is 5.72. The van der Waals surface area contributed by atoms with Crippen LogP contribution in [0.1, 0.15) is 28.2 Å². The molecular formula is C16H16N4O2. The third kappa shape index (κ3) is 1.60. The normalized spacial score (nSPS) is 13.0. The maximum atomic E-state index is 12.8. The lowest BCUT2D eigenvalue weighted by Crippen LogP contribution is -2.27. The lowest BCUT2D eigenvalue weighted by Gasteiger charge is -2.12. The molecule has 22 heavy (non-hydrogen) atoms. The zero-order valence-electron chi connectivity index (χ0n) is 12.4. The summed E-state index contributed by atoms with van der Waals surface area (Å²) in [5.74, 6) is 0.0102. The first-order valence-corrected chi connectivity index (χ1v) is 7.19. The van der Waals surface area contributed by atoms with E-state index in [1.165, 1.54) is 4.57 Å². The highest BCUT2D eigenvalue weighted by Gasteiger charge is 2.27. The summed E-state index contributed by atoms with van der Waals surface area (Å²) >= 11 is 0. The van der Waals surface area contributed by atoms with Crippen LogP contribution >= 0.6 is 0 Å². The van der Waals surface area contributed by atoms with Gasteiger partial charge in [0, 0.05) is 6.42 Å². The number of fused-ring (bicyclic) bond motifs is 2. The van der Waals surface area contributed by atoms with Gasteiger partial charge in [0.05, 0.1) is 35.6 Å². The molecule has 3 heterocycles. The minimum absolute atomic E-state index is 0.0102. The average molecular weight is 296 g/mol. The third-order valence-electron chi connectivity index (χ3n) is 4.34. The molecule has 1 aliphatic rings. The molecule has 1 aromatic carbocycles. The molecule has 6 heteroatoms. The summed E-state index contributed by atoms with van der Waals surface area (Å²) < 4.78 is 3.02. The van der Waals surface area contributed by atoms with Crippen molar-refractivity contribution in [3.8, 4) is 11.6 Å². The molecule has 0 saturated heterocycles. The summed E-state index contributed by atoms with van der Waals surface area (Å²) in [6.07, 6.45) is 2.08. The number of aryl methyl sites for hydroxylation is 2. The Labute approximate surface area is 126 Å². The maximum absolute atomic E-state index is 12.8. The Kier molecular flexibility index (Phi) is 2.57. The Bertz CT molecular complexity index is 925. The van der Waals surface area contributed by atoms with Gasteiger partial charge >= 0.3 is 5.69 Å². The number of imidazole rings is 2. The molecule has 0 bridgehead atoms. The van der Waals surface area contributed by atoms with Gasteiger partial charge in [-0.2, -0.15) is 0 Å². The van der Waals surface area contributed by atoms with Crippen molar-refractivity contribution in [3.63, 3.8) is 0 Å². The van der Waals surface area contributed by atoms with Crippen molar-refractivity contribution in [1.29, 1.82) is 0 Å². The van der Waals surface area contributed by atoms with E-state index in [2.05, 4.69) is 9.97 Å². The fraction of sp³-hybridized carbons (Fsp3) is 0.250. The van der Waals surface area contributed by atoms with Crippen molar-refractivity contribution in [1.82, 2.24) is 19.1 Å². The summed E-state index contributed by atoms with van der Waals surface area (Å²) in [5, 5.41) is 10.6. The maximum Gasteiger partial charge on any atom is 0.336 e. The summed E-state index contributed by atoms with van der Waals surface area (Å²) in [4.78, 5) is 20.1. The lowest BCUT2D eigenvalue weighted by atomic mass is 10.1. The van der Waals surface area contributed by atoms with E-state index in [9.17, 15) is 9.90 Å². The van der Waals surface area contributed by atoms with Gasteiger partial charge in [0.1, 0.15) is 0 Å². The Morgan fingerprint density at radius 2 is 2.00 bits per heavy atom. The molecule has 3 aromatic rings. The molecule has 0 fully saturated rings. The third-order valence-corrected chi connectivity index (χ3v) is 4.34. The molecule has 1 aliphatic heterocycles. The molecule has 0 radical (unpaired) electrons. The van der Waals surface area contributed by atoms with Crippen molar-refractivity contribution < 1.29 is 5.11 Å². The zero-order valence-corrected chi connectivity index (χ0v) is 12.4. The van der Waals surface area contributed by atoms with Crippen molar-refractivity contribution in [2.75, 3.05) is 0 Å². The van der Waals surface area contributed by atoms with Crippen LogP contribution in [0.3, 0.4) is 0 Å². The van der Waals surface area contributed by atoms with Crippen molar-refractivity contribution >= 4 is 0 Å². The van der Waals surface area contributed by atoms with E-state index in [-0.39, 0.29) is 11.6 Å². The highest BCUT2D eigenvalue weighted by Crippen LogP contribution is 2.29. The largest absolute Gasteiger partial charge is 0.493 e. The Balaban J connectivity index is 1.98. The molecule has 0 unspecified atom stereocenters. The van der Waals surface area contributed by atoms with Crippen LogP contribution in [0.2, 0.25) is 0 Å². The predicted octanol–water partition coefficient (Wildman–Crippen LogP) is 1.64. The summed E-state index contributed by atoms with van der Waals surface area (Å²) in [6, 6.07) is 5.82. The molecule has 2 aromatic heterocycles. The minimum Gasteiger partial charge on any atom is -0.493 e. The van der Waals surface area contributed by atoms with E-state index < -0.39 is 0 Å². The van der Waals surface area contributed by atoms with Crippen LogP contribution < -0.4 is 5.69 Å². The Hall–Kier alpha value is -2.76. The molecule has 6 nitrogen and oxygen atoms in total. The van der Waals surface area contributed by atoms with Gasteiger partial charge in [-0.15, -0.1) is 0 Å². The van der Waals surface area contributed by atoms with Crippen LogP contribution in [0.5, 0.6) is 5.88 Å². The first-order valence-electron chi connectivity index (χ1n) is 7.19. The van der Waals surface area contributed by atoms with Crippen LogP contribution in [0, 0.1) is 13.8 Å². The zero-order chi connectivity index (χ0) is 15.4. The van der Waals surface area contributed by atoms with Gasteiger partial charge in [-0.05, 0) is 25.0 Å². The number of nitrogens with one attached hydrogen (secondary N) is 1. The van der Waals surface area contributed by atoms with Gasteiger partial charge in [0.2, 0.25) is 5.88 Å². The molecule has 2 N–H and O–H groups in total. The van der Waals surface area contributed by atoms with Crippen molar-refractivity contribution in [2.24, 2.45) is 0 Å². The first kappa shape index (κ1) is 12.9. The van der Waals surface area contributed by atoms with Crippen molar-refractivity contribution in [2.45, 2.75) is 26.8 Å². The number of aromatic nitrogens is 4. The van der Waals surface area contributed by atoms with Gasteiger partial charge in [0.25, 0.3) is 0 Å². The highest BCUT2D eigenvalue weighted by atomic mass is 16.3. The number of nitrogens with zero attached hydrogens (tertiary/aromatic N) is 3.